The highest BCUT2D eigenvalue weighted by Gasteiger charge is 2.25. The first-order valence-corrected chi connectivity index (χ1v) is 10.0. The third-order valence-electron chi connectivity index (χ3n) is 5.33. The maximum absolute atomic E-state index is 12.9. The molecule has 0 radical (unpaired) electrons. The summed E-state index contributed by atoms with van der Waals surface area (Å²) in [7, 11) is 0. The van der Waals surface area contributed by atoms with Crippen LogP contribution in [0.2, 0.25) is 0 Å². The van der Waals surface area contributed by atoms with Gasteiger partial charge in [-0.3, -0.25) is 9.59 Å². The van der Waals surface area contributed by atoms with Crippen LogP contribution in [-0.2, 0) is 0 Å². The van der Waals surface area contributed by atoms with Crippen molar-refractivity contribution in [1.82, 2.24) is 24.6 Å². The van der Waals surface area contributed by atoms with E-state index in [0.717, 1.165) is 11.5 Å². The predicted octanol–water partition coefficient (Wildman–Crippen LogP) is 2.04. The Morgan fingerprint density at radius 3 is 2.55 bits per heavy atom. The number of carbonyl (C=O) groups excluding carboxylic acids is 1. The van der Waals surface area contributed by atoms with Crippen molar-refractivity contribution in [2.24, 2.45) is 0 Å². The van der Waals surface area contributed by atoms with Crippen molar-refractivity contribution in [1.29, 1.82) is 0 Å². The number of hydrogen-bond donors (Lipinski definition) is 0. The second-order valence-corrected chi connectivity index (χ2v) is 7.39. The van der Waals surface area contributed by atoms with Gasteiger partial charge in [0, 0.05) is 44.5 Å². The predicted molar refractivity (Wildman–Crippen MR) is 114 cm³/mol. The van der Waals surface area contributed by atoms with Crippen LogP contribution in [0.1, 0.15) is 16.2 Å². The maximum atomic E-state index is 12.9. The first-order chi connectivity index (χ1) is 15.1. The average molecular weight is 416 g/mol. The van der Waals surface area contributed by atoms with E-state index in [1.165, 1.54) is 12.4 Å². The number of benzene rings is 1. The lowest BCUT2D eigenvalue weighted by Crippen LogP contribution is -2.49. The van der Waals surface area contributed by atoms with Crippen LogP contribution in [-0.4, -0.2) is 56.7 Å². The smallest absolute Gasteiger partial charge is 0.289 e. The number of aromatic nitrogens is 4. The SMILES string of the molecule is Cc1ccn(-c2cc(N3CCN(C(=O)c4cc(=O)c5ccccc5o4)CC3)ncn2)n1. The maximum Gasteiger partial charge on any atom is 0.289 e. The standard InChI is InChI=1S/C22H20N6O3/c1-15-6-7-28(25-15)21-13-20(23-14-24-21)26-8-10-27(11-9-26)22(30)19-12-17(29)16-4-2-3-5-18(16)31-19/h2-7,12-14H,8-11H2,1H3. The molecular weight excluding hydrogens is 396 g/mol. The van der Waals surface area contributed by atoms with Gasteiger partial charge in [0.25, 0.3) is 5.91 Å². The van der Waals surface area contributed by atoms with Crippen LogP contribution in [0.4, 0.5) is 5.82 Å². The van der Waals surface area contributed by atoms with Crippen LogP contribution in [0.3, 0.4) is 0 Å². The van der Waals surface area contributed by atoms with Crippen molar-refractivity contribution in [3.63, 3.8) is 0 Å². The van der Waals surface area contributed by atoms with E-state index in [2.05, 4.69) is 20.0 Å². The number of para-hydroxylation sites is 1. The molecule has 3 aromatic heterocycles. The molecule has 156 valence electrons. The molecule has 1 amide bonds. The number of rotatable bonds is 3. The van der Waals surface area contributed by atoms with Crippen LogP contribution >= 0.6 is 0 Å². The molecule has 1 saturated heterocycles. The molecule has 9 nitrogen and oxygen atoms in total. The minimum atomic E-state index is -0.280. The number of nitrogens with zero attached hydrogens (tertiary/aromatic N) is 6. The van der Waals surface area contributed by atoms with E-state index in [-0.39, 0.29) is 17.1 Å². The quantitative estimate of drug-likeness (QED) is 0.504. The van der Waals surface area contributed by atoms with Gasteiger partial charge in [-0.25, -0.2) is 14.6 Å². The van der Waals surface area contributed by atoms with E-state index in [4.69, 9.17) is 4.42 Å². The number of hydrogen-bond acceptors (Lipinski definition) is 7. The molecule has 0 bridgehead atoms. The summed E-state index contributed by atoms with van der Waals surface area (Å²) in [5.41, 5.74) is 1.11. The van der Waals surface area contributed by atoms with E-state index >= 15 is 0 Å². The Hall–Kier alpha value is -4.01. The molecule has 0 spiro atoms. The van der Waals surface area contributed by atoms with Crippen molar-refractivity contribution < 1.29 is 9.21 Å². The van der Waals surface area contributed by atoms with E-state index in [0.29, 0.717) is 43.0 Å². The summed E-state index contributed by atoms with van der Waals surface area (Å²) in [6, 6.07) is 12.0. The van der Waals surface area contributed by atoms with Crippen molar-refractivity contribution in [3.05, 3.63) is 76.7 Å². The fourth-order valence-electron chi connectivity index (χ4n) is 3.68. The highest BCUT2D eigenvalue weighted by molar-refractivity contribution is 5.93. The third-order valence-corrected chi connectivity index (χ3v) is 5.33. The van der Waals surface area contributed by atoms with Gasteiger partial charge in [0.2, 0.25) is 0 Å². The van der Waals surface area contributed by atoms with Crippen LogP contribution in [0, 0.1) is 6.92 Å². The molecule has 0 saturated carbocycles. The molecule has 1 aliphatic rings. The van der Waals surface area contributed by atoms with Crippen LogP contribution < -0.4 is 10.3 Å². The highest BCUT2D eigenvalue weighted by Crippen LogP contribution is 2.18. The monoisotopic (exact) mass is 416 g/mol. The number of anilines is 1. The van der Waals surface area contributed by atoms with E-state index in [1.807, 2.05) is 25.3 Å². The molecule has 9 heteroatoms. The van der Waals surface area contributed by atoms with Crippen molar-refractivity contribution >= 4 is 22.7 Å². The van der Waals surface area contributed by atoms with Gasteiger partial charge >= 0.3 is 0 Å². The molecule has 0 aliphatic carbocycles. The molecule has 0 N–H and O–H groups in total. The van der Waals surface area contributed by atoms with Gasteiger partial charge in [-0.2, -0.15) is 5.10 Å². The average Bonchev–Trinajstić information content (AvgIpc) is 3.25. The normalized spacial score (nSPS) is 14.2. The lowest BCUT2D eigenvalue weighted by Gasteiger charge is -2.35. The molecule has 4 heterocycles. The molecule has 0 atom stereocenters. The molecule has 0 unspecified atom stereocenters. The van der Waals surface area contributed by atoms with Crippen LogP contribution in [0.25, 0.3) is 16.8 Å². The van der Waals surface area contributed by atoms with Gasteiger partial charge < -0.3 is 14.2 Å². The third kappa shape index (κ3) is 3.65. The number of amides is 1. The minimum Gasteiger partial charge on any atom is -0.451 e. The van der Waals surface area contributed by atoms with Gasteiger partial charge in [0.15, 0.2) is 17.0 Å². The Morgan fingerprint density at radius 1 is 1.00 bits per heavy atom. The molecule has 1 aromatic carbocycles. The summed E-state index contributed by atoms with van der Waals surface area (Å²) in [4.78, 5) is 37.7. The molecule has 5 rings (SSSR count). The van der Waals surface area contributed by atoms with Crippen molar-refractivity contribution in [2.45, 2.75) is 6.92 Å². The molecule has 1 aliphatic heterocycles. The molecule has 1 fully saturated rings. The lowest BCUT2D eigenvalue weighted by molar-refractivity contribution is 0.0715. The minimum absolute atomic E-state index is 0.0653. The molecule has 4 aromatic rings. The van der Waals surface area contributed by atoms with Gasteiger partial charge in [-0.05, 0) is 25.1 Å². The summed E-state index contributed by atoms with van der Waals surface area (Å²) < 4.78 is 7.41. The van der Waals surface area contributed by atoms with Crippen molar-refractivity contribution in [3.8, 4) is 5.82 Å². The number of piperazine rings is 1. The summed E-state index contributed by atoms with van der Waals surface area (Å²) in [6.07, 6.45) is 3.37. The fourth-order valence-corrected chi connectivity index (χ4v) is 3.68. The lowest BCUT2D eigenvalue weighted by atomic mass is 10.2. The molecule has 31 heavy (non-hydrogen) atoms. The Morgan fingerprint density at radius 2 is 1.77 bits per heavy atom. The van der Waals surface area contributed by atoms with E-state index < -0.39 is 0 Å². The topological polar surface area (TPSA) is 97.4 Å². The van der Waals surface area contributed by atoms with Crippen molar-refractivity contribution in [2.75, 3.05) is 31.1 Å². The van der Waals surface area contributed by atoms with Gasteiger partial charge in [-0.1, -0.05) is 12.1 Å². The summed E-state index contributed by atoms with van der Waals surface area (Å²) in [5, 5.41) is 4.85. The van der Waals surface area contributed by atoms with Crippen LogP contribution in [0.5, 0.6) is 0 Å². The fraction of sp³-hybridized carbons (Fsp3) is 0.227. The van der Waals surface area contributed by atoms with Gasteiger partial charge in [0.1, 0.15) is 17.7 Å². The summed E-state index contributed by atoms with van der Waals surface area (Å²) >= 11 is 0. The zero-order chi connectivity index (χ0) is 21.4. The summed E-state index contributed by atoms with van der Waals surface area (Å²) in [5.74, 6) is 1.26. The largest absolute Gasteiger partial charge is 0.451 e. The number of aryl methyl sites for hydroxylation is 1. The Labute approximate surface area is 177 Å². The second kappa shape index (κ2) is 7.67. The summed E-state index contributed by atoms with van der Waals surface area (Å²) in [6.45, 7) is 4.13. The van der Waals surface area contributed by atoms with E-state index in [9.17, 15) is 9.59 Å². The van der Waals surface area contributed by atoms with E-state index in [1.54, 1.807) is 33.8 Å². The highest BCUT2D eigenvalue weighted by atomic mass is 16.3. The van der Waals surface area contributed by atoms with Gasteiger partial charge in [-0.15, -0.1) is 0 Å². The Balaban J connectivity index is 1.31. The first-order valence-electron chi connectivity index (χ1n) is 10.0. The van der Waals surface area contributed by atoms with Gasteiger partial charge in [0.05, 0.1) is 11.1 Å². The first kappa shape index (κ1) is 19.0. The zero-order valence-electron chi connectivity index (χ0n) is 16.9. The van der Waals surface area contributed by atoms with Crippen LogP contribution in [0.15, 0.2) is 64.2 Å². The Bertz CT molecular complexity index is 1320. The zero-order valence-corrected chi connectivity index (χ0v) is 16.9. The second-order valence-electron chi connectivity index (χ2n) is 7.39. The number of carbonyl (C=O) groups is 1. The molecular formula is C22H20N6O3. The Kier molecular flexibility index (Phi) is 4.70. The number of fused-ring (bicyclic) bond motifs is 1.